The number of amides is 1. The lowest BCUT2D eigenvalue weighted by Gasteiger charge is -2.51. The number of phenols is 1. The molecule has 110 valence electrons. The van der Waals surface area contributed by atoms with Crippen molar-refractivity contribution in [1.82, 2.24) is 5.32 Å². The van der Waals surface area contributed by atoms with Gasteiger partial charge in [0.25, 0.3) is 5.91 Å². The van der Waals surface area contributed by atoms with Crippen LogP contribution in [0.2, 0.25) is 5.02 Å². The van der Waals surface area contributed by atoms with Gasteiger partial charge in [-0.05, 0) is 31.5 Å². The number of aromatic hydroxyl groups is 1. The molecule has 4 nitrogen and oxygen atoms in total. The zero-order valence-corrected chi connectivity index (χ0v) is 12.7. The summed E-state index contributed by atoms with van der Waals surface area (Å²) in [7, 11) is 0. The topological polar surface area (TPSA) is 58.6 Å². The monoisotopic (exact) mass is 297 g/mol. The van der Waals surface area contributed by atoms with Gasteiger partial charge in [0.1, 0.15) is 5.75 Å². The Morgan fingerprint density at radius 3 is 2.85 bits per heavy atom. The second-order valence-electron chi connectivity index (χ2n) is 5.69. The maximum absolute atomic E-state index is 12.2. The van der Waals surface area contributed by atoms with Gasteiger partial charge in [0, 0.05) is 18.1 Å². The van der Waals surface area contributed by atoms with E-state index in [2.05, 4.69) is 19.2 Å². The molecule has 0 aliphatic heterocycles. The van der Waals surface area contributed by atoms with Gasteiger partial charge in [-0.1, -0.05) is 25.4 Å². The zero-order valence-electron chi connectivity index (χ0n) is 11.9. The van der Waals surface area contributed by atoms with Crippen molar-refractivity contribution in [1.29, 1.82) is 0 Å². The summed E-state index contributed by atoms with van der Waals surface area (Å²) in [5.74, 6) is -0.237. The molecule has 0 spiro atoms. The maximum atomic E-state index is 12.2. The van der Waals surface area contributed by atoms with Crippen LogP contribution in [-0.4, -0.2) is 29.8 Å². The molecule has 2 rings (SSSR count). The van der Waals surface area contributed by atoms with Crippen LogP contribution in [0.15, 0.2) is 18.2 Å². The van der Waals surface area contributed by atoms with Gasteiger partial charge in [-0.2, -0.15) is 0 Å². The smallest absolute Gasteiger partial charge is 0.253 e. The van der Waals surface area contributed by atoms with Crippen LogP contribution in [0.5, 0.6) is 5.75 Å². The molecular formula is C15H20ClNO3. The van der Waals surface area contributed by atoms with E-state index in [1.807, 2.05) is 6.92 Å². The third kappa shape index (κ3) is 2.76. The Labute approximate surface area is 124 Å². The summed E-state index contributed by atoms with van der Waals surface area (Å²) >= 11 is 5.99. The van der Waals surface area contributed by atoms with Crippen LogP contribution >= 0.6 is 11.6 Å². The highest BCUT2D eigenvalue weighted by Crippen LogP contribution is 2.43. The van der Waals surface area contributed by atoms with E-state index in [0.717, 1.165) is 6.42 Å². The van der Waals surface area contributed by atoms with E-state index in [4.69, 9.17) is 16.3 Å². The van der Waals surface area contributed by atoms with Crippen LogP contribution in [0.3, 0.4) is 0 Å². The molecule has 2 unspecified atom stereocenters. The van der Waals surface area contributed by atoms with E-state index in [0.29, 0.717) is 17.2 Å². The van der Waals surface area contributed by atoms with Gasteiger partial charge >= 0.3 is 0 Å². The predicted molar refractivity (Wildman–Crippen MR) is 78.2 cm³/mol. The molecule has 0 heterocycles. The molecule has 0 radical (unpaired) electrons. The fourth-order valence-electron chi connectivity index (χ4n) is 2.54. The highest BCUT2D eigenvalue weighted by atomic mass is 35.5. The Balaban J connectivity index is 2.05. The van der Waals surface area contributed by atoms with Gasteiger partial charge in [-0.25, -0.2) is 0 Å². The van der Waals surface area contributed by atoms with E-state index in [9.17, 15) is 9.90 Å². The van der Waals surface area contributed by atoms with Crippen LogP contribution in [-0.2, 0) is 4.74 Å². The summed E-state index contributed by atoms with van der Waals surface area (Å²) in [6, 6.07) is 4.40. The number of carbonyl (C=O) groups excluding carboxylic acids is 1. The average molecular weight is 298 g/mol. The highest BCUT2D eigenvalue weighted by molar-refractivity contribution is 6.33. The molecule has 1 aliphatic carbocycles. The summed E-state index contributed by atoms with van der Waals surface area (Å²) in [6.07, 6.45) is 0.959. The number of phenolic OH excluding ortho intramolecular Hbond substituents is 1. The largest absolute Gasteiger partial charge is 0.508 e. The number of benzene rings is 1. The molecule has 1 amide bonds. The van der Waals surface area contributed by atoms with E-state index in [1.54, 1.807) is 0 Å². The molecule has 20 heavy (non-hydrogen) atoms. The SMILES string of the molecule is CCOC1CC(NC(=O)c2cc(O)ccc2Cl)C1(C)C. The second-order valence-corrected chi connectivity index (χ2v) is 6.10. The molecule has 2 atom stereocenters. The summed E-state index contributed by atoms with van der Waals surface area (Å²) in [5, 5.41) is 12.7. The molecule has 1 fully saturated rings. The van der Waals surface area contributed by atoms with Crippen LogP contribution in [0.4, 0.5) is 0 Å². The quantitative estimate of drug-likeness (QED) is 0.898. The molecule has 2 N–H and O–H groups in total. The van der Waals surface area contributed by atoms with E-state index < -0.39 is 0 Å². The normalized spacial score (nSPS) is 24.0. The number of hydrogen-bond donors (Lipinski definition) is 2. The number of rotatable bonds is 4. The van der Waals surface area contributed by atoms with E-state index in [-0.39, 0.29) is 29.2 Å². The molecular weight excluding hydrogens is 278 g/mol. The first-order valence-corrected chi connectivity index (χ1v) is 7.15. The van der Waals surface area contributed by atoms with Crippen molar-refractivity contribution in [3.05, 3.63) is 28.8 Å². The van der Waals surface area contributed by atoms with Gasteiger partial charge in [-0.3, -0.25) is 4.79 Å². The molecule has 0 aromatic heterocycles. The minimum Gasteiger partial charge on any atom is -0.508 e. The Hall–Kier alpha value is -1.26. The molecule has 0 bridgehead atoms. The predicted octanol–water partition coefficient (Wildman–Crippen LogP) is 2.98. The van der Waals surface area contributed by atoms with Gasteiger partial charge in [-0.15, -0.1) is 0 Å². The van der Waals surface area contributed by atoms with Crippen LogP contribution in [0.25, 0.3) is 0 Å². The molecule has 1 saturated carbocycles. The third-order valence-electron chi connectivity index (χ3n) is 4.05. The zero-order chi connectivity index (χ0) is 14.9. The summed E-state index contributed by atoms with van der Waals surface area (Å²) in [6.45, 7) is 6.79. The van der Waals surface area contributed by atoms with Crippen LogP contribution in [0, 0.1) is 5.41 Å². The number of hydrogen-bond acceptors (Lipinski definition) is 3. The first kappa shape index (κ1) is 15.1. The molecule has 5 heteroatoms. The van der Waals surface area contributed by atoms with Crippen molar-refractivity contribution in [2.75, 3.05) is 6.61 Å². The number of carbonyl (C=O) groups is 1. The maximum Gasteiger partial charge on any atom is 0.253 e. The molecule has 1 aromatic rings. The lowest BCUT2D eigenvalue weighted by atomic mass is 9.64. The average Bonchev–Trinajstić information content (AvgIpc) is 2.40. The van der Waals surface area contributed by atoms with Gasteiger partial charge in [0.15, 0.2) is 0 Å². The number of halogens is 1. The van der Waals surface area contributed by atoms with Crippen molar-refractivity contribution in [2.45, 2.75) is 39.3 Å². The van der Waals surface area contributed by atoms with Crippen molar-refractivity contribution >= 4 is 17.5 Å². The summed E-state index contributed by atoms with van der Waals surface area (Å²) in [5.41, 5.74) is 0.192. The second kappa shape index (κ2) is 5.62. The Bertz CT molecular complexity index is 516. The number of nitrogens with one attached hydrogen (secondary N) is 1. The number of ether oxygens (including phenoxy) is 1. The van der Waals surface area contributed by atoms with Crippen LogP contribution < -0.4 is 5.32 Å². The summed E-state index contributed by atoms with van der Waals surface area (Å²) in [4.78, 5) is 12.2. The van der Waals surface area contributed by atoms with Crippen molar-refractivity contribution in [3.8, 4) is 5.75 Å². The Kier molecular flexibility index (Phi) is 4.25. The highest BCUT2D eigenvalue weighted by Gasteiger charge is 2.49. The van der Waals surface area contributed by atoms with Gasteiger partial charge in [0.2, 0.25) is 0 Å². The van der Waals surface area contributed by atoms with Gasteiger partial charge < -0.3 is 15.2 Å². The minimum atomic E-state index is -0.265. The lowest BCUT2D eigenvalue weighted by molar-refractivity contribution is -0.111. The first-order valence-electron chi connectivity index (χ1n) is 6.77. The van der Waals surface area contributed by atoms with E-state index in [1.165, 1.54) is 18.2 Å². The van der Waals surface area contributed by atoms with Crippen LogP contribution in [0.1, 0.15) is 37.6 Å². The van der Waals surface area contributed by atoms with Crippen molar-refractivity contribution in [3.63, 3.8) is 0 Å². The fraction of sp³-hybridized carbons (Fsp3) is 0.533. The van der Waals surface area contributed by atoms with Crippen molar-refractivity contribution < 1.29 is 14.6 Å². The van der Waals surface area contributed by atoms with Gasteiger partial charge in [0.05, 0.1) is 16.7 Å². The Morgan fingerprint density at radius 1 is 1.55 bits per heavy atom. The Morgan fingerprint density at radius 2 is 2.25 bits per heavy atom. The lowest BCUT2D eigenvalue weighted by Crippen LogP contribution is -2.62. The minimum absolute atomic E-state index is 0.0274. The van der Waals surface area contributed by atoms with Crippen molar-refractivity contribution in [2.24, 2.45) is 5.41 Å². The first-order chi connectivity index (χ1) is 9.36. The standard InChI is InChI=1S/C15H20ClNO3/c1-4-20-13-8-12(15(13,2)3)17-14(19)10-7-9(18)5-6-11(10)16/h5-7,12-13,18H,4,8H2,1-3H3,(H,17,19). The molecule has 1 aliphatic rings. The molecule has 0 saturated heterocycles. The molecule has 1 aromatic carbocycles. The van der Waals surface area contributed by atoms with E-state index >= 15 is 0 Å². The third-order valence-corrected chi connectivity index (χ3v) is 4.38. The fourth-order valence-corrected chi connectivity index (χ4v) is 2.74. The summed E-state index contributed by atoms with van der Waals surface area (Å²) < 4.78 is 5.64.